The van der Waals surface area contributed by atoms with Gasteiger partial charge in [0.2, 0.25) is 5.91 Å². The van der Waals surface area contributed by atoms with E-state index in [9.17, 15) is 14.4 Å². The molecule has 1 saturated heterocycles. The fourth-order valence-electron chi connectivity index (χ4n) is 2.78. The number of carbonyl (C=O) groups is 2. The predicted octanol–water partition coefficient (Wildman–Crippen LogP) is 0.605. The molecule has 2 aromatic rings. The first kappa shape index (κ1) is 16.9. The predicted molar refractivity (Wildman–Crippen MR) is 92.2 cm³/mol. The zero-order chi connectivity index (χ0) is 17.8. The largest absolute Gasteiger partial charge is 0.339 e. The van der Waals surface area contributed by atoms with Crippen LogP contribution in [0.4, 0.5) is 0 Å². The fourth-order valence-corrected chi connectivity index (χ4v) is 2.78. The SMILES string of the molecule is Cc1ccc(CC(=O)N2CCN(C(=O)c3ccc(=O)[nH]n3)CC2)cc1. The lowest BCUT2D eigenvalue weighted by Gasteiger charge is -2.34. The molecule has 1 fully saturated rings. The molecule has 0 aliphatic carbocycles. The van der Waals surface area contributed by atoms with Crippen molar-refractivity contribution in [3.05, 3.63) is 63.6 Å². The smallest absolute Gasteiger partial charge is 0.274 e. The summed E-state index contributed by atoms with van der Waals surface area (Å²) in [5.41, 5.74) is 2.02. The maximum absolute atomic E-state index is 12.4. The number of nitrogens with zero attached hydrogens (tertiary/aromatic N) is 3. The molecule has 0 spiro atoms. The van der Waals surface area contributed by atoms with Crippen molar-refractivity contribution in [2.45, 2.75) is 13.3 Å². The van der Waals surface area contributed by atoms with E-state index in [2.05, 4.69) is 10.2 Å². The summed E-state index contributed by atoms with van der Waals surface area (Å²) >= 11 is 0. The van der Waals surface area contributed by atoms with Gasteiger partial charge in [-0.05, 0) is 18.6 Å². The maximum Gasteiger partial charge on any atom is 0.274 e. The van der Waals surface area contributed by atoms with Crippen molar-refractivity contribution in [3.63, 3.8) is 0 Å². The number of carbonyl (C=O) groups excluding carboxylic acids is 2. The molecule has 2 heterocycles. The minimum absolute atomic E-state index is 0.0677. The Morgan fingerprint density at radius 2 is 1.64 bits per heavy atom. The number of hydrogen-bond acceptors (Lipinski definition) is 4. The van der Waals surface area contributed by atoms with Crippen LogP contribution in [0.25, 0.3) is 0 Å². The van der Waals surface area contributed by atoms with Gasteiger partial charge in [-0.3, -0.25) is 14.4 Å². The Hall–Kier alpha value is -2.96. The molecule has 0 saturated carbocycles. The second-order valence-electron chi connectivity index (χ2n) is 6.14. The number of aryl methyl sites for hydroxylation is 1. The Morgan fingerprint density at radius 3 is 2.24 bits per heavy atom. The summed E-state index contributed by atoms with van der Waals surface area (Å²) in [6.07, 6.45) is 0.371. The van der Waals surface area contributed by atoms with Crippen LogP contribution in [0.1, 0.15) is 21.6 Å². The van der Waals surface area contributed by atoms with E-state index in [0.29, 0.717) is 32.6 Å². The molecule has 0 atom stereocenters. The summed E-state index contributed by atoms with van der Waals surface area (Å²) in [5, 5.41) is 6.02. The van der Waals surface area contributed by atoms with Crippen LogP contribution in [0.2, 0.25) is 0 Å². The average molecular weight is 340 g/mol. The molecule has 1 N–H and O–H groups in total. The van der Waals surface area contributed by atoms with Crippen LogP contribution < -0.4 is 5.56 Å². The van der Waals surface area contributed by atoms with E-state index in [1.807, 2.05) is 31.2 Å². The minimum atomic E-state index is -0.344. The van der Waals surface area contributed by atoms with Crippen LogP contribution in [0.3, 0.4) is 0 Å². The third-order valence-electron chi connectivity index (χ3n) is 4.29. The van der Waals surface area contributed by atoms with Crippen LogP contribution in [-0.4, -0.2) is 58.0 Å². The molecule has 0 radical (unpaired) electrons. The molecule has 1 aromatic heterocycles. The van der Waals surface area contributed by atoms with Gasteiger partial charge in [-0.1, -0.05) is 29.8 Å². The second kappa shape index (κ2) is 7.29. The van der Waals surface area contributed by atoms with E-state index >= 15 is 0 Å². The molecule has 0 unspecified atom stereocenters. The first-order valence-corrected chi connectivity index (χ1v) is 8.21. The number of benzene rings is 1. The first-order valence-electron chi connectivity index (χ1n) is 8.21. The quantitative estimate of drug-likeness (QED) is 0.887. The van der Waals surface area contributed by atoms with E-state index in [0.717, 1.165) is 5.56 Å². The number of piperazine rings is 1. The van der Waals surface area contributed by atoms with Crippen LogP contribution in [0, 0.1) is 6.92 Å². The van der Waals surface area contributed by atoms with Crippen molar-refractivity contribution in [1.82, 2.24) is 20.0 Å². The molecule has 25 heavy (non-hydrogen) atoms. The van der Waals surface area contributed by atoms with E-state index in [1.165, 1.54) is 17.7 Å². The van der Waals surface area contributed by atoms with E-state index < -0.39 is 0 Å². The summed E-state index contributed by atoms with van der Waals surface area (Å²) in [4.78, 5) is 39.2. The summed E-state index contributed by atoms with van der Waals surface area (Å²) < 4.78 is 0. The van der Waals surface area contributed by atoms with E-state index in [4.69, 9.17) is 0 Å². The molecule has 2 amide bonds. The van der Waals surface area contributed by atoms with Gasteiger partial charge >= 0.3 is 0 Å². The Bertz CT molecular complexity index is 800. The Morgan fingerprint density at radius 1 is 1.00 bits per heavy atom. The zero-order valence-electron chi connectivity index (χ0n) is 14.1. The summed E-state index contributed by atoms with van der Waals surface area (Å²) in [6, 6.07) is 10.6. The number of H-pyrrole nitrogens is 1. The van der Waals surface area contributed by atoms with Crippen LogP contribution in [-0.2, 0) is 11.2 Å². The molecule has 1 aliphatic rings. The maximum atomic E-state index is 12.4. The van der Waals surface area contributed by atoms with Gasteiger partial charge in [0.05, 0.1) is 6.42 Å². The zero-order valence-corrected chi connectivity index (χ0v) is 14.1. The average Bonchev–Trinajstić information content (AvgIpc) is 2.64. The van der Waals surface area contributed by atoms with Crippen LogP contribution >= 0.6 is 0 Å². The van der Waals surface area contributed by atoms with Gasteiger partial charge in [0, 0.05) is 32.2 Å². The van der Waals surface area contributed by atoms with Crippen molar-refractivity contribution < 1.29 is 9.59 Å². The lowest BCUT2D eigenvalue weighted by Crippen LogP contribution is -2.51. The molecule has 7 nitrogen and oxygen atoms in total. The highest BCUT2D eigenvalue weighted by Crippen LogP contribution is 2.10. The lowest BCUT2D eigenvalue weighted by molar-refractivity contribution is -0.131. The van der Waals surface area contributed by atoms with Gasteiger partial charge in [0.15, 0.2) is 0 Å². The molecular formula is C18H20N4O3. The van der Waals surface area contributed by atoms with E-state index in [-0.39, 0.29) is 23.1 Å². The van der Waals surface area contributed by atoms with Gasteiger partial charge in [0.25, 0.3) is 11.5 Å². The summed E-state index contributed by atoms with van der Waals surface area (Å²) in [5.74, 6) is -0.167. The summed E-state index contributed by atoms with van der Waals surface area (Å²) in [6.45, 7) is 3.93. The van der Waals surface area contributed by atoms with Gasteiger partial charge < -0.3 is 9.80 Å². The molecule has 1 aromatic carbocycles. The van der Waals surface area contributed by atoms with Gasteiger partial charge in [0.1, 0.15) is 5.69 Å². The molecule has 0 bridgehead atoms. The highest BCUT2D eigenvalue weighted by molar-refractivity contribution is 5.92. The number of rotatable bonds is 3. The Labute approximate surface area is 145 Å². The number of hydrogen-bond donors (Lipinski definition) is 1. The second-order valence-corrected chi connectivity index (χ2v) is 6.14. The normalized spacial score (nSPS) is 14.4. The monoisotopic (exact) mass is 340 g/mol. The number of amides is 2. The molecule has 3 rings (SSSR count). The van der Waals surface area contributed by atoms with Gasteiger partial charge in [-0.25, -0.2) is 5.10 Å². The standard InChI is InChI=1S/C18H20N4O3/c1-13-2-4-14(5-3-13)12-17(24)21-8-10-22(11-9-21)18(25)15-6-7-16(23)20-19-15/h2-7H,8-12H2,1H3,(H,20,23). The lowest BCUT2D eigenvalue weighted by atomic mass is 10.1. The Kier molecular flexibility index (Phi) is 4.92. The van der Waals surface area contributed by atoms with Gasteiger partial charge in [-0.2, -0.15) is 5.10 Å². The van der Waals surface area contributed by atoms with Crippen molar-refractivity contribution >= 4 is 11.8 Å². The third-order valence-corrected chi connectivity index (χ3v) is 4.29. The van der Waals surface area contributed by atoms with Crippen molar-refractivity contribution in [2.24, 2.45) is 0 Å². The minimum Gasteiger partial charge on any atom is -0.339 e. The molecular weight excluding hydrogens is 320 g/mol. The molecule has 7 heteroatoms. The first-order chi connectivity index (χ1) is 12.0. The number of nitrogens with one attached hydrogen (secondary N) is 1. The molecule has 130 valence electrons. The molecule has 1 aliphatic heterocycles. The van der Waals surface area contributed by atoms with Crippen LogP contribution in [0.5, 0.6) is 0 Å². The highest BCUT2D eigenvalue weighted by atomic mass is 16.2. The van der Waals surface area contributed by atoms with Crippen molar-refractivity contribution in [1.29, 1.82) is 0 Å². The highest BCUT2D eigenvalue weighted by Gasteiger charge is 2.25. The topological polar surface area (TPSA) is 86.4 Å². The van der Waals surface area contributed by atoms with Crippen molar-refractivity contribution in [2.75, 3.05) is 26.2 Å². The van der Waals surface area contributed by atoms with Crippen LogP contribution in [0.15, 0.2) is 41.2 Å². The van der Waals surface area contributed by atoms with E-state index in [1.54, 1.807) is 9.80 Å². The third kappa shape index (κ3) is 4.12. The Balaban J connectivity index is 1.55. The summed E-state index contributed by atoms with van der Waals surface area (Å²) in [7, 11) is 0. The van der Waals surface area contributed by atoms with Gasteiger partial charge in [-0.15, -0.1) is 0 Å². The fraction of sp³-hybridized carbons (Fsp3) is 0.333. The number of aromatic nitrogens is 2. The number of aromatic amines is 1. The van der Waals surface area contributed by atoms with Crippen molar-refractivity contribution in [3.8, 4) is 0 Å².